The molecule has 6 heteroatoms. The number of anilines is 2. The number of rotatable bonds is 6. The number of carbonyl (C=O) groups excluding carboxylic acids is 1. The number of hydrogen-bond acceptors (Lipinski definition) is 5. The van der Waals surface area contributed by atoms with E-state index in [1.54, 1.807) is 7.11 Å². The summed E-state index contributed by atoms with van der Waals surface area (Å²) in [4.78, 5) is 20.9. The van der Waals surface area contributed by atoms with Crippen LogP contribution in [0.2, 0.25) is 0 Å². The maximum Gasteiger partial charge on any atom is 0.224 e. The molecule has 0 aliphatic carbocycles. The van der Waals surface area contributed by atoms with Crippen LogP contribution in [0.3, 0.4) is 0 Å². The average molecular weight is 376 g/mol. The third-order valence-electron chi connectivity index (χ3n) is 4.64. The molecular weight excluding hydrogens is 352 g/mol. The molecule has 0 bridgehead atoms. The third-order valence-corrected chi connectivity index (χ3v) is 4.64. The van der Waals surface area contributed by atoms with Crippen LogP contribution < -0.4 is 15.8 Å². The van der Waals surface area contributed by atoms with Crippen molar-refractivity contribution in [2.45, 2.75) is 26.7 Å². The second kappa shape index (κ2) is 8.52. The molecule has 0 aliphatic rings. The Kier molecular flexibility index (Phi) is 5.89. The van der Waals surface area contributed by atoms with Crippen molar-refractivity contribution >= 4 is 17.5 Å². The Morgan fingerprint density at radius 1 is 1.04 bits per heavy atom. The Bertz CT molecular complexity index is 961. The molecule has 0 saturated carbocycles. The summed E-state index contributed by atoms with van der Waals surface area (Å²) in [5.41, 5.74) is 11.0. The van der Waals surface area contributed by atoms with E-state index in [0.717, 1.165) is 39.5 Å². The summed E-state index contributed by atoms with van der Waals surface area (Å²) < 4.78 is 5.21. The van der Waals surface area contributed by atoms with Crippen molar-refractivity contribution in [2.75, 3.05) is 18.2 Å². The first kappa shape index (κ1) is 19.4. The molecule has 0 aliphatic heterocycles. The van der Waals surface area contributed by atoms with E-state index in [2.05, 4.69) is 15.3 Å². The second-order valence-electron chi connectivity index (χ2n) is 6.55. The zero-order valence-electron chi connectivity index (χ0n) is 16.3. The second-order valence-corrected chi connectivity index (χ2v) is 6.55. The molecule has 1 amide bonds. The first-order valence-electron chi connectivity index (χ1n) is 9.11. The summed E-state index contributed by atoms with van der Waals surface area (Å²) in [7, 11) is 1.64. The van der Waals surface area contributed by atoms with Crippen molar-refractivity contribution in [1.82, 2.24) is 9.97 Å². The molecule has 0 fully saturated rings. The molecule has 3 N–H and O–H groups in total. The largest absolute Gasteiger partial charge is 0.497 e. The smallest absolute Gasteiger partial charge is 0.224 e. The fraction of sp³-hybridized carbons (Fsp3) is 0.227. The summed E-state index contributed by atoms with van der Waals surface area (Å²) in [6.45, 7) is 3.77. The van der Waals surface area contributed by atoms with Crippen LogP contribution in [-0.4, -0.2) is 23.0 Å². The van der Waals surface area contributed by atoms with Crippen LogP contribution in [0.4, 0.5) is 11.6 Å². The van der Waals surface area contributed by atoms with Crippen molar-refractivity contribution in [3.8, 4) is 16.9 Å². The van der Waals surface area contributed by atoms with E-state index in [4.69, 9.17) is 10.5 Å². The first-order valence-corrected chi connectivity index (χ1v) is 9.11. The predicted molar refractivity (Wildman–Crippen MR) is 111 cm³/mol. The van der Waals surface area contributed by atoms with E-state index >= 15 is 0 Å². The van der Waals surface area contributed by atoms with E-state index in [1.165, 1.54) is 0 Å². The quantitative estimate of drug-likeness (QED) is 0.680. The van der Waals surface area contributed by atoms with E-state index in [0.29, 0.717) is 12.8 Å². The van der Waals surface area contributed by atoms with Gasteiger partial charge in [0.25, 0.3) is 0 Å². The topological polar surface area (TPSA) is 90.1 Å². The zero-order valence-corrected chi connectivity index (χ0v) is 16.3. The van der Waals surface area contributed by atoms with Crippen LogP contribution in [0, 0.1) is 13.8 Å². The number of nitrogens with one attached hydrogen (secondary N) is 1. The van der Waals surface area contributed by atoms with Crippen LogP contribution in [-0.2, 0) is 11.2 Å². The van der Waals surface area contributed by atoms with Gasteiger partial charge in [0, 0.05) is 29.1 Å². The lowest BCUT2D eigenvalue weighted by Gasteiger charge is -2.13. The van der Waals surface area contributed by atoms with Gasteiger partial charge in [-0.3, -0.25) is 4.79 Å². The van der Waals surface area contributed by atoms with Gasteiger partial charge in [-0.1, -0.05) is 30.3 Å². The average Bonchev–Trinajstić information content (AvgIpc) is 2.67. The summed E-state index contributed by atoms with van der Waals surface area (Å²) in [5.74, 6) is 0.995. The van der Waals surface area contributed by atoms with Gasteiger partial charge in [0.15, 0.2) is 0 Å². The number of methoxy groups -OCH3 is 1. The van der Waals surface area contributed by atoms with Crippen molar-refractivity contribution in [2.24, 2.45) is 0 Å². The van der Waals surface area contributed by atoms with E-state index < -0.39 is 0 Å². The first-order chi connectivity index (χ1) is 13.5. The number of nitrogens with zero attached hydrogens (tertiary/aromatic N) is 2. The molecule has 1 aromatic heterocycles. The molecule has 0 radical (unpaired) electrons. The van der Waals surface area contributed by atoms with Gasteiger partial charge in [-0.15, -0.1) is 0 Å². The zero-order chi connectivity index (χ0) is 20.1. The lowest BCUT2D eigenvalue weighted by Crippen LogP contribution is -2.14. The highest BCUT2D eigenvalue weighted by atomic mass is 16.5. The van der Waals surface area contributed by atoms with Crippen LogP contribution in [0.25, 0.3) is 11.1 Å². The lowest BCUT2D eigenvalue weighted by molar-refractivity contribution is -0.116. The number of aryl methyl sites for hydroxylation is 2. The third kappa shape index (κ3) is 4.46. The van der Waals surface area contributed by atoms with Gasteiger partial charge in [0.1, 0.15) is 5.75 Å². The number of aromatic nitrogens is 2. The normalized spacial score (nSPS) is 10.5. The minimum atomic E-state index is -0.0587. The fourth-order valence-electron chi connectivity index (χ4n) is 3.19. The molecule has 3 rings (SSSR count). The van der Waals surface area contributed by atoms with Crippen LogP contribution in [0.5, 0.6) is 5.75 Å². The molecule has 6 nitrogen and oxygen atoms in total. The predicted octanol–water partition coefficient (Wildman–Crippen LogP) is 3.92. The molecule has 0 atom stereocenters. The molecule has 0 saturated heterocycles. The highest BCUT2D eigenvalue weighted by Crippen LogP contribution is 2.29. The monoisotopic (exact) mass is 376 g/mol. The fourth-order valence-corrected chi connectivity index (χ4v) is 3.19. The summed E-state index contributed by atoms with van der Waals surface area (Å²) in [6.07, 6.45) is 0.903. The van der Waals surface area contributed by atoms with Crippen LogP contribution in [0.15, 0.2) is 48.5 Å². The van der Waals surface area contributed by atoms with Crippen molar-refractivity contribution < 1.29 is 9.53 Å². The minimum absolute atomic E-state index is 0.0587. The molecular formula is C22H24N4O2. The number of hydrogen-bond donors (Lipinski definition) is 2. The summed E-state index contributed by atoms with van der Waals surface area (Å²) >= 11 is 0. The Labute approximate surface area is 164 Å². The highest BCUT2D eigenvalue weighted by Gasteiger charge is 2.12. The molecule has 2 aromatic carbocycles. The van der Waals surface area contributed by atoms with Gasteiger partial charge >= 0.3 is 0 Å². The molecule has 144 valence electrons. The van der Waals surface area contributed by atoms with Gasteiger partial charge in [-0.05, 0) is 49.6 Å². The maximum absolute atomic E-state index is 12.6. The number of amides is 1. The Balaban J connectivity index is 1.73. The van der Waals surface area contributed by atoms with Crippen molar-refractivity contribution in [1.29, 1.82) is 0 Å². The lowest BCUT2D eigenvalue weighted by atomic mass is 10.0. The molecule has 0 unspecified atom stereocenters. The van der Waals surface area contributed by atoms with Gasteiger partial charge in [-0.2, -0.15) is 0 Å². The Morgan fingerprint density at radius 3 is 2.32 bits per heavy atom. The van der Waals surface area contributed by atoms with Crippen molar-refractivity contribution in [3.05, 3.63) is 65.5 Å². The van der Waals surface area contributed by atoms with Crippen molar-refractivity contribution in [3.63, 3.8) is 0 Å². The number of carbonyl (C=O) groups is 1. The summed E-state index contributed by atoms with van der Waals surface area (Å²) in [6, 6.07) is 15.5. The maximum atomic E-state index is 12.6. The number of ether oxygens (including phenoxy) is 1. The molecule has 0 spiro atoms. The standard InChI is InChI=1S/C22H24N4O2/c1-14-18(15(2)25-22(23)24-14)12-13-21(27)26-20-7-5-4-6-19(20)16-8-10-17(28-3)11-9-16/h4-11H,12-13H2,1-3H3,(H,26,27)(H2,23,24,25). The van der Waals surface area contributed by atoms with Gasteiger partial charge in [0.05, 0.1) is 7.11 Å². The molecule has 1 heterocycles. The van der Waals surface area contributed by atoms with E-state index in [1.807, 2.05) is 62.4 Å². The number of para-hydroxylation sites is 1. The van der Waals surface area contributed by atoms with Crippen LogP contribution >= 0.6 is 0 Å². The van der Waals surface area contributed by atoms with E-state index in [-0.39, 0.29) is 11.9 Å². The number of nitrogens with two attached hydrogens (primary N) is 1. The minimum Gasteiger partial charge on any atom is -0.497 e. The van der Waals surface area contributed by atoms with Gasteiger partial charge in [-0.25, -0.2) is 9.97 Å². The Morgan fingerprint density at radius 2 is 1.68 bits per heavy atom. The number of benzene rings is 2. The SMILES string of the molecule is COc1ccc(-c2ccccc2NC(=O)CCc2c(C)nc(N)nc2C)cc1. The number of nitrogen functional groups attached to an aromatic ring is 1. The van der Waals surface area contributed by atoms with Gasteiger partial charge in [0.2, 0.25) is 11.9 Å². The van der Waals surface area contributed by atoms with Gasteiger partial charge < -0.3 is 15.8 Å². The molecule has 28 heavy (non-hydrogen) atoms. The Hall–Kier alpha value is -3.41. The summed E-state index contributed by atoms with van der Waals surface area (Å²) in [5, 5.41) is 3.02. The molecule has 3 aromatic rings. The van der Waals surface area contributed by atoms with E-state index in [9.17, 15) is 4.79 Å². The highest BCUT2D eigenvalue weighted by molar-refractivity contribution is 5.95. The van der Waals surface area contributed by atoms with Crippen LogP contribution in [0.1, 0.15) is 23.4 Å².